The Kier molecular flexibility index (Phi) is 4.90. The molecule has 1 N–H and O–H groups in total. The van der Waals surface area contributed by atoms with Crippen LogP contribution in [0.1, 0.15) is 13.8 Å². The number of nitrogens with zero attached hydrogens (tertiary/aromatic N) is 2. The molecule has 0 spiro atoms. The maximum atomic E-state index is 3.79. The first kappa shape index (κ1) is 9.75. The van der Waals surface area contributed by atoms with Gasteiger partial charge in [0.1, 0.15) is 6.34 Å². The lowest BCUT2D eigenvalue weighted by Gasteiger charge is -2.18. The average molecular weight is 153 g/mol. The van der Waals surface area contributed by atoms with Crippen molar-refractivity contribution < 1.29 is 0 Å². The highest BCUT2D eigenvalue weighted by Gasteiger charge is 1.92. The first-order chi connectivity index (χ1) is 5.22. The van der Waals surface area contributed by atoms with Crippen molar-refractivity contribution in [3.8, 4) is 0 Å². The average Bonchev–Trinajstić information content (AvgIpc) is 1.97. The molecule has 0 fully saturated rings. The number of allylic oxidation sites excluding steroid dienone is 2. The van der Waals surface area contributed by atoms with Gasteiger partial charge in [-0.1, -0.05) is 12.7 Å². The monoisotopic (exact) mass is 153 g/mol. The Balaban J connectivity index is 4.00. The molecule has 0 aliphatic rings. The van der Waals surface area contributed by atoms with Gasteiger partial charge in [-0.2, -0.15) is 0 Å². The van der Waals surface area contributed by atoms with Crippen molar-refractivity contribution >= 4 is 6.34 Å². The molecule has 0 heterocycles. The zero-order valence-corrected chi connectivity index (χ0v) is 7.33. The van der Waals surface area contributed by atoms with Crippen LogP contribution in [0.4, 0.5) is 0 Å². The molecular weight excluding hydrogens is 138 g/mol. The van der Waals surface area contributed by atoms with Crippen LogP contribution < -0.4 is 5.43 Å². The highest BCUT2D eigenvalue weighted by atomic mass is 15.5. The summed E-state index contributed by atoms with van der Waals surface area (Å²) in [5.74, 6) is 0. The Morgan fingerprint density at radius 2 is 2.27 bits per heavy atom. The molecule has 0 amide bonds. The standard InChI is InChI=1S/C8H15N3/c1-5-6-11(8(2)3)10-7-9-4/h5-7H,2H2,1,3-4H3,(H,9,10)/b6-5-. The van der Waals surface area contributed by atoms with Crippen LogP contribution in [0.3, 0.4) is 0 Å². The second-order valence-corrected chi connectivity index (χ2v) is 2.10. The van der Waals surface area contributed by atoms with E-state index in [1.807, 2.05) is 26.1 Å². The van der Waals surface area contributed by atoms with Gasteiger partial charge in [-0.05, 0) is 13.8 Å². The topological polar surface area (TPSA) is 27.6 Å². The SMILES string of the molecule is C=C(C)N(/C=C\C)NC=NC. The molecule has 0 aromatic carbocycles. The van der Waals surface area contributed by atoms with Gasteiger partial charge in [-0.25, -0.2) is 0 Å². The molecule has 0 atom stereocenters. The Morgan fingerprint density at radius 3 is 2.64 bits per heavy atom. The summed E-state index contributed by atoms with van der Waals surface area (Å²) in [6.45, 7) is 7.64. The molecular formula is C8H15N3. The van der Waals surface area contributed by atoms with Crippen molar-refractivity contribution in [3.05, 3.63) is 24.6 Å². The summed E-state index contributed by atoms with van der Waals surface area (Å²) in [6.07, 6.45) is 5.41. The van der Waals surface area contributed by atoms with Crippen molar-refractivity contribution in [1.29, 1.82) is 0 Å². The van der Waals surface area contributed by atoms with E-state index in [4.69, 9.17) is 0 Å². The molecule has 0 unspecified atom stereocenters. The van der Waals surface area contributed by atoms with E-state index >= 15 is 0 Å². The molecule has 0 aliphatic heterocycles. The van der Waals surface area contributed by atoms with Gasteiger partial charge in [0.05, 0.1) is 0 Å². The van der Waals surface area contributed by atoms with Gasteiger partial charge in [0.25, 0.3) is 0 Å². The van der Waals surface area contributed by atoms with Crippen molar-refractivity contribution in [2.24, 2.45) is 4.99 Å². The van der Waals surface area contributed by atoms with Crippen molar-refractivity contribution in [1.82, 2.24) is 10.4 Å². The Labute approximate surface area is 68.1 Å². The van der Waals surface area contributed by atoms with E-state index in [0.29, 0.717) is 0 Å². The van der Waals surface area contributed by atoms with Crippen LogP contribution in [0.2, 0.25) is 0 Å². The lowest BCUT2D eigenvalue weighted by atomic mass is 10.5. The molecule has 0 saturated carbocycles. The quantitative estimate of drug-likeness (QED) is 0.376. The van der Waals surface area contributed by atoms with Crippen LogP contribution in [-0.4, -0.2) is 18.4 Å². The first-order valence-electron chi connectivity index (χ1n) is 3.46. The Morgan fingerprint density at radius 1 is 1.64 bits per heavy atom. The maximum absolute atomic E-state index is 3.79. The van der Waals surface area contributed by atoms with Crippen LogP contribution in [0.25, 0.3) is 0 Å². The Bertz CT molecular complexity index is 170. The van der Waals surface area contributed by atoms with Crippen molar-refractivity contribution in [3.63, 3.8) is 0 Å². The number of nitrogens with one attached hydrogen (secondary N) is 1. The molecule has 3 nitrogen and oxygen atoms in total. The van der Waals surface area contributed by atoms with Gasteiger partial charge in [0, 0.05) is 18.9 Å². The van der Waals surface area contributed by atoms with Gasteiger partial charge in [-0.3, -0.25) is 15.4 Å². The number of hydrogen-bond acceptors (Lipinski definition) is 2. The molecule has 0 radical (unpaired) electrons. The highest BCUT2D eigenvalue weighted by molar-refractivity contribution is 5.53. The summed E-state index contributed by atoms with van der Waals surface area (Å²) in [7, 11) is 1.71. The predicted octanol–water partition coefficient (Wildman–Crippen LogP) is 1.52. The fraction of sp³-hybridized carbons (Fsp3) is 0.375. The minimum atomic E-state index is 0.919. The summed E-state index contributed by atoms with van der Waals surface area (Å²) in [5.41, 5.74) is 3.84. The molecule has 0 bridgehead atoms. The van der Waals surface area contributed by atoms with E-state index in [2.05, 4.69) is 17.0 Å². The van der Waals surface area contributed by atoms with E-state index in [9.17, 15) is 0 Å². The van der Waals surface area contributed by atoms with E-state index in [0.717, 1.165) is 5.70 Å². The maximum Gasteiger partial charge on any atom is 0.101 e. The highest BCUT2D eigenvalue weighted by Crippen LogP contribution is 1.94. The number of rotatable bonds is 4. The van der Waals surface area contributed by atoms with Crippen LogP contribution in [0.5, 0.6) is 0 Å². The van der Waals surface area contributed by atoms with Crippen LogP contribution >= 0.6 is 0 Å². The third kappa shape index (κ3) is 4.19. The van der Waals surface area contributed by atoms with Crippen LogP contribution in [0, 0.1) is 0 Å². The smallest absolute Gasteiger partial charge is 0.101 e. The second-order valence-electron chi connectivity index (χ2n) is 2.10. The molecule has 62 valence electrons. The summed E-state index contributed by atoms with van der Waals surface area (Å²) in [6, 6.07) is 0. The molecule has 0 aromatic rings. The fourth-order valence-electron chi connectivity index (χ4n) is 0.549. The molecule has 11 heavy (non-hydrogen) atoms. The first-order valence-corrected chi connectivity index (χ1v) is 3.46. The lowest BCUT2D eigenvalue weighted by Crippen LogP contribution is -2.29. The summed E-state index contributed by atoms with van der Waals surface area (Å²) in [5, 5.41) is 1.78. The summed E-state index contributed by atoms with van der Waals surface area (Å²) >= 11 is 0. The number of hydrazine groups is 1. The Hall–Kier alpha value is -1.25. The minimum absolute atomic E-state index is 0.919. The zero-order valence-electron chi connectivity index (χ0n) is 7.33. The molecule has 0 aromatic heterocycles. The van der Waals surface area contributed by atoms with Crippen molar-refractivity contribution in [2.45, 2.75) is 13.8 Å². The molecule has 0 saturated heterocycles. The van der Waals surface area contributed by atoms with E-state index in [-0.39, 0.29) is 0 Å². The summed E-state index contributed by atoms with van der Waals surface area (Å²) < 4.78 is 0. The lowest BCUT2D eigenvalue weighted by molar-refractivity contribution is 0.425. The number of aliphatic imine (C=N–C) groups is 1. The second kappa shape index (κ2) is 5.53. The third-order valence-corrected chi connectivity index (χ3v) is 1.04. The molecule has 0 rings (SSSR count). The van der Waals surface area contributed by atoms with Gasteiger partial charge < -0.3 is 0 Å². The third-order valence-electron chi connectivity index (χ3n) is 1.04. The predicted molar refractivity (Wildman–Crippen MR) is 49.0 cm³/mol. The van der Waals surface area contributed by atoms with Gasteiger partial charge >= 0.3 is 0 Å². The normalized spacial score (nSPS) is 10.8. The van der Waals surface area contributed by atoms with Gasteiger partial charge in [0.2, 0.25) is 0 Å². The van der Waals surface area contributed by atoms with Gasteiger partial charge in [0.15, 0.2) is 0 Å². The zero-order chi connectivity index (χ0) is 8.69. The fourth-order valence-corrected chi connectivity index (χ4v) is 0.549. The number of hydrogen-bond donors (Lipinski definition) is 1. The van der Waals surface area contributed by atoms with E-state index in [1.54, 1.807) is 18.4 Å². The van der Waals surface area contributed by atoms with Crippen LogP contribution in [-0.2, 0) is 0 Å². The van der Waals surface area contributed by atoms with Crippen LogP contribution in [0.15, 0.2) is 29.5 Å². The van der Waals surface area contributed by atoms with Crippen molar-refractivity contribution in [2.75, 3.05) is 7.05 Å². The largest absolute Gasteiger partial charge is 0.284 e. The summed E-state index contributed by atoms with van der Waals surface area (Å²) in [4.78, 5) is 3.79. The van der Waals surface area contributed by atoms with E-state index in [1.165, 1.54) is 0 Å². The molecule has 0 aliphatic carbocycles. The van der Waals surface area contributed by atoms with E-state index < -0.39 is 0 Å². The van der Waals surface area contributed by atoms with Gasteiger partial charge in [-0.15, -0.1) is 0 Å². The minimum Gasteiger partial charge on any atom is -0.284 e. The molecule has 3 heteroatoms.